The highest BCUT2D eigenvalue weighted by atomic mass is 35.5. The Labute approximate surface area is 116 Å². The molecule has 0 heterocycles. The van der Waals surface area contributed by atoms with Crippen LogP contribution in [0.15, 0.2) is 58.3 Å². The number of rotatable bonds is 4. The molecule has 17 heavy (non-hydrogen) atoms. The maximum Gasteiger partial charge on any atom is 0.0485 e. The topological polar surface area (TPSA) is 0 Å². The van der Waals surface area contributed by atoms with Crippen LogP contribution in [-0.2, 0) is 11.8 Å². The lowest BCUT2D eigenvalue weighted by Gasteiger charge is -2.09. The third-order valence-corrected chi connectivity index (χ3v) is 4.27. The van der Waals surface area contributed by atoms with Gasteiger partial charge in [-0.3, -0.25) is 0 Å². The van der Waals surface area contributed by atoms with Crippen LogP contribution in [0, 0.1) is 0 Å². The van der Waals surface area contributed by atoms with Crippen LogP contribution in [0.1, 0.15) is 11.1 Å². The maximum atomic E-state index is 5.93. The molecule has 2 aromatic carbocycles. The highest BCUT2D eigenvalue weighted by Crippen LogP contribution is 2.33. The van der Waals surface area contributed by atoms with Gasteiger partial charge in [-0.05, 0) is 23.3 Å². The zero-order chi connectivity index (χ0) is 12.1. The molecule has 0 saturated heterocycles. The predicted octanol–water partition coefficient (Wildman–Crippen LogP) is 5.32. The largest absolute Gasteiger partial charge is 0.122 e. The van der Waals surface area contributed by atoms with Crippen molar-refractivity contribution in [1.82, 2.24) is 0 Å². The van der Waals surface area contributed by atoms with Crippen LogP contribution < -0.4 is 0 Å². The van der Waals surface area contributed by atoms with E-state index in [1.54, 1.807) is 11.8 Å². The summed E-state index contributed by atoms with van der Waals surface area (Å²) in [7, 11) is 0. The molecule has 0 aliphatic rings. The molecule has 0 saturated carbocycles. The molecule has 0 atom stereocenters. The lowest BCUT2D eigenvalue weighted by molar-refractivity contribution is 1.22. The molecule has 0 radical (unpaired) electrons. The Hall–Kier alpha value is -0.630. The molecule has 0 fully saturated rings. The zero-order valence-electron chi connectivity index (χ0n) is 9.20. The minimum atomic E-state index is 0.534. The Morgan fingerprint density at radius 2 is 1.12 bits per heavy atom. The third-order valence-electron chi connectivity index (χ3n) is 2.45. The first-order chi connectivity index (χ1) is 8.35. The summed E-state index contributed by atoms with van der Waals surface area (Å²) in [6, 6.07) is 16.4. The fraction of sp³-hybridized carbons (Fsp3) is 0.143. The van der Waals surface area contributed by atoms with Gasteiger partial charge in [-0.2, -0.15) is 0 Å². The standard InChI is InChI=1S/C14H12Cl2S/c15-9-11-5-1-3-7-13(11)17-14-8-4-2-6-12(14)10-16/h1-8H,9-10H2. The lowest BCUT2D eigenvalue weighted by Crippen LogP contribution is -1.86. The molecule has 0 nitrogen and oxygen atoms in total. The van der Waals surface area contributed by atoms with Gasteiger partial charge in [0, 0.05) is 21.6 Å². The van der Waals surface area contributed by atoms with Crippen LogP contribution in [0.25, 0.3) is 0 Å². The maximum absolute atomic E-state index is 5.93. The molecule has 0 aromatic heterocycles. The highest BCUT2D eigenvalue weighted by Gasteiger charge is 2.06. The Balaban J connectivity index is 2.31. The minimum absolute atomic E-state index is 0.534. The molecule has 88 valence electrons. The summed E-state index contributed by atoms with van der Waals surface area (Å²) < 4.78 is 0. The molecular formula is C14H12Cl2S. The quantitative estimate of drug-likeness (QED) is 0.685. The van der Waals surface area contributed by atoms with Crippen molar-refractivity contribution in [2.45, 2.75) is 21.6 Å². The van der Waals surface area contributed by atoms with E-state index in [2.05, 4.69) is 24.3 Å². The van der Waals surface area contributed by atoms with Crippen molar-refractivity contribution in [2.75, 3.05) is 0 Å². The van der Waals surface area contributed by atoms with Gasteiger partial charge in [0.2, 0.25) is 0 Å². The van der Waals surface area contributed by atoms with Gasteiger partial charge in [0.25, 0.3) is 0 Å². The van der Waals surface area contributed by atoms with Crippen LogP contribution in [0.3, 0.4) is 0 Å². The molecule has 2 aromatic rings. The summed E-state index contributed by atoms with van der Waals surface area (Å²) in [5.74, 6) is 1.07. The number of halogens is 2. The molecule has 0 aliphatic heterocycles. The first-order valence-corrected chi connectivity index (χ1v) is 7.19. The summed E-state index contributed by atoms with van der Waals surface area (Å²) in [4.78, 5) is 2.39. The molecule has 2 rings (SSSR count). The molecule has 3 heteroatoms. The molecular weight excluding hydrogens is 271 g/mol. The first kappa shape index (κ1) is 12.8. The summed E-state index contributed by atoms with van der Waals surface area (Å²) in [5, 5.41) is 0. The molecule has 0 aliphatic carbocycles. The van der Waals surface area contributed by atoms with Crippen LogP contribution in [0.4, 0.5) is 0 Å². The Bertz CT molecular complexity index is 452. The third kappa shape index (κ3) is 3.19. The summed E-state index contributed by atoms with van der Waals surface area (Å²) in [5.41, 5.74) is 2.31. The van der Waals surface area contributed by atoms with Gasteiger partial charge in [0.05, 0.1) is 0 Å². The second-order valence-corrected chi connectivity index (χ2v) is 5.20. The summed E-state index contributed by atoms with van der Waals surface area (Å²) in [6.07, 6.45) is 0. The van der Waals surface area contributed by atoms with Gasteiger partial charge < -0.3 is 0 Å². The van der Waals surface area contributed by atoms with Crippen molar-refractivity contribution in [3.8, 4) is 0 Å². The van der Waals surface area contributed by atoms with Crippen LogP contribution >= 0.6 is 35.0 Å². The van der Waals surface area contributed by atoms with Crippen molar-refractivity contribution in [3.63, 3.8) is 0 Å². The average Bonchev–Trinajstić information content (AvgIpc) is 2.40. The average molecular weight is 283 g/mol. The molecule has 0 spiro atoms. The van der Waals surface area contributed by atoms with E-state index in [1.165, 1.54) is 9.79 Å². The lowest BCUT2D eigenvalue weighted by atomic mass is 10.2. The van der Waals surface area contributed by atoms with Gasteiger partial charge >= 0.3 is 0 Å². The molecule has 0 amide bonds. The molecule has 0 unspecified atom stereocenters. The predicted molar refractivity (Wildman–Crippen MR) is 76.1 cm³/mol. The van der Waals surface area contributed by atoms with E-state index in [-0.39, 0.29) is 0 Å². The molecule has 0 bridgehead atoms. The van der Waals surface area contributed by atoms with Gasteiger partial charge in [0.15, 0.2) is 0 Å². The number of benzene rings is 2. The fourth-order valence-electron chi connectivity index (χ4n) is 1.55. The summed E-state index contributed by atoms with van der Waals surface area (Å²) in [6.45, 7) is 0. The second kappa shape index (κ2) is 6.34. The van der Waals surface area contributed by atoms with Crippen molar-refractivity contribution in [3.05, 3.63) is 59.7 Å². The van der Waals surface area contributed by atoms with Crippen LogP contribution in [0.2, 0.25) is 0 Å². The van der Waals surface area contributed by atoms with Gasteiger partial charge in [-0.25, -0.2) is 0 Å². The monoisotopic (exact) mass is 282 g/mol. The Morgan fingerprint density at radius 1 is 0.706 bits per heavy atom. The number of alkyl halides is 2. The van der Waals surface area contributed by atoms with E-state index in [9.17, 15) is 0 Å². The second-order valence-electron chi connectivity index (χ2n) is 3.58. The number of hydrogen-bond acceptors (Lipinski definition) is 1. The smallest absolute Gasteiger partial charge is 0.0485 e. The first-order valence-electron chi connectivity index (χ1n) is 5.30. The number of hydrogen-bond donors (Lipinski definition) is 0. The van der Waals surface area contributed by atoms with E-state index in [1.807, 2.05) is 24.3 Å². The summed E-state index contributed by atoms with van der Waals surface area (Å²) >= 11 is 13.6. The Kier molecular flexibility index (Phi) is 4.78. The van der Waals surface area contributed by atoms with Crippen LogP contribution in [0.5, 0.6) is 0 Å². The zero-order valence-corrected chi connectivity index (χ0v) is 11.5. The molecule has 0 N–H and O–H groups in total. The van der Waals surface area contributed by atoms with Gasteiger partial charge in [-0.1, -0.05) is 48.2 Å². The van der Waals surface area contributed by atoms with E-state index < -0.39 is 0 Å². The van der Waals surface area contributed by atoms with E-state index in [0.29, 0.717) is 11.8 Å². The van der Waals surface area contributed by atoms with E-state index in [4.69, 9.17) is 23.2 Å². The van der Waals surface area contributed by atoms with Crippen molar-refractivity contribution < 1.29 is 0 Å². The van der Waals surface area contributed by atoms with Crippen molar-refractivity contribution in [1.29, 1.82) is 0 Å². The normalized spacial score (nSPS) is 10.5. The van der Waals surface area contributed by atoms with E-state index in [0.717, 1.165) is 11.1 Å². The minimum Gasteiger partial charge on any atom is -0.122 e. The van der Waals surface area contributed by atoms with Crippen molar-refractivity contribution >= 4 is 35.0 Å². The van der Waals surface area contributed by atoms with Gasteiger partial charge in [0.1, 0.15) is 0 Å². The fourth-order valence-corrected chi connectivity index (χ4v) is 3.24. The SMILES string of the molecule is ClCc1ccccc1Sc1ccccc1CCl. The van der Waals surface area contributed by atoms with Crippen molar-refractivity contribution in [2.24, 2.45) is 0 Å². The van der Waals surface area contributed by atoms with E-state index >= 15 is 0 Å². The van der Waals surface area contributed by atoms with Crippen LogP contribution in [-0.4, -0.2) is 0 Å². The van der Waals surface area contributed by atoms with Gasteiger partial charge in [-0.15, -0.1) is 23.2 Å². The Morgan fingerprint density at radius 3 is 1.53 bits per heavy atom. The highest BCUT2D eigenvalue weighted by molar-refractivity contribution is 7.99.